The second-order valence-corrected chi connectivity index (χ2v) is 6.23. The molecule has 1 aromatic carbocycles. The van der Waals surface area contributed by atoms with Crippen LogP contribution in [0.15, 0.2) is 45.9 Å². The maximum absolute atomic E-state index is 11.6. The van der Waals surface area contributed by atoms with Gasteiger partial charge in [-0.25, -0.2) is 0 Å². The summed E-state index contributed by atoms with van der Waals surface area (Å²) in [6.45, 7) is 2.04. The lowest BCUT2D eigenvalue weighted by molar-refractivity contribution is -0.146. The second-order valence-electron chi connectivity index (χ2n) is 6.23. The van der Waals surface area contributed by atoms with Gasteiger partial charge in [-0.2, -0.15) is 0 Å². The zero-order valence-corrected chi connectivity index (χ0v) is 17.9. The van der Waals surface area contributed by atoms with Gasteiger partial charge in [0.1, 0.15) is 5.69 Å². The van der Waals surface area contributed by atoms with Crippen LogP contribution in [-0.4, -0.2) is 49.2 Å². The number of nitrogens with zero attached hydrogens (tertiary/aromatic N) is 3. The van der Waals surface area contributed by atoms with E-state index >= 15 is 0 Å². The molecule has 27 heavy (non-hydrogen) atoms. The van der Waals surface area contributed by atoms with Crippen molar-refractivity contribution in [2.75, 3.05) is 27.2 Å². The number of benzene rings is 1. The highest BCUT2D eigenvalue weighted by Gasteiger charge is 2.27. The molecule has 1 saturated heterocycles. The van der Waals surface area contributed by atoms with Crippen LogP contribution in [0, 0.1) is 5.92 Å². The molecule has 8 heteroatoms. The van der Waals surface area contributed by atoms with Gasteiger partial charge < -0.3 is 19.5 Å². The first-order valence-corrected chi connectivity index (χ1v) is 8.75. The highest BCUT2D eigenvalue weighted by Crippen LogP contribution is 2.20. The smallest absolute Gasteiger partial charge is 0.308 e. The molecule has 0 unspecified atom stereocenters. The van der Waals surface area contributed by atoms with Crippen molar-refractivity contribution in [1.29, 1.82) is 0 Å². The largest absolute Gasteiger partial charge is 0.469 e. The molecule has 0 amide bonds. The van der Waals surface area contributed by atoms with Gasteiger partial charge in [0.15, 0.2) is 11.7 Å². The second kappa shape index (κ2) is 10.3. The first-order chi connectivity index (χ1) is 12.7. The zero-order chi connectivity index (χ0) is 18.4. The van der Waals surface area contributed by atoms with Gasteiger partial charge in [0.05, 0.1) is 19.6 Å². The fourth-order valence-electron chi connectivity index (χ4n) is 3.13. The van der Waals surface area contributed by atoms with Gasteiger partial charge in [-0.05, 0) is 12.8 Å². The standard InChI is InChI=1S/C19H24N4O3.HI/c1-20-19(23-10-8-15(9-11-23)18(24)25-2)21-13-16-12-17(22-26-16)14-6-4-3-5-7-14;/h3-7,12,15H,8-11,13H2,1-2H3,(H,20,21);1H. The van der Waals surface area contributed by atoms with E-state index in [1.54, 1.807) is 7.05 Å². The van der Waals surface area contributed by atoms with Crippen molar-refractivity contribution in [2.24, 2.45) is 10.9 Å². The maximum atomic E-state index is 11.6. The van der Waals surface area contributed by atoms with Crippen molar-refractivity contribution in [2.45, 2.75) is 19.4 Å². The number of halogens is 1. The minimum Gasteiger partial charge on any atom is -0.469 e. The Balaban J connectivity index is 0.00000261. The van der Waals surface area contributed by atoms with E-state index in [0.717, 1.165) is 48.9 Å². The van der Waals surface area contributed by atoms with E-state index in [-0.39, 0.29) is 35.9 Å². The number of methoxy groups -OCH3 is 1. The van der Waals surface area contributed by atoms with E-state index in [1.165, 1.54) is 7.11 Å². The summed E-state index contributed by atoms with van der Waals surface area (Å²) in [6, 6.07) is 11.8. The molecule has 1 N–H and O–H groups in total. The summed E-state index contributed by atoms with van der Waals surface area (Å²) in [5.41, 5.74) is 1.84. The number of aromatic nitrogens is 1. The van der Waals surface area contributed by atoms with E-state index in [9.17, 15) is 4.79 Å². The van der Waals surface area contributed by atoms with Gasteiger partial charge in [-0.15, -0.1) is 24.0 Å². The van der Waals surface area contributed by atoms with Gasteiger partial charge in [-0.1, -0.05) is 35.5 Å². The summed E-state index contributed by atoms with van der Waals surface area (Å²) >= 11 is 0. The third-order valence-corrected chi connectivity index (χ3v) is 4.59. The first kappa shape index (κ1) is 21.2. The molecular weight excluding hydrogens is 459 g/mol. The highest BCUT2D eigenvalue weighted by atomic mass is 127. The van der Waals surface area contributed by atoms with Crippen LogP contribution in [0.25, 0.3) is 11.3 Å². The monoisotopic (exact) mass is 484 g/mol. The van der Waals surface area contributed by atoms with E-state index in [0.29, 0.717) is 6.54 Å². The summed E-state index contributed by atoms with van der Waals surface area (Å²) in [5.74, 6) is 1.40. The molecule has 0 aliphatic carbocycles. The number of rotatable bonds is 4. The fourth-order valence-corrected chi connectivity index (χ4v) is 3.13. The summed E-state index contributed by atoms with van der Waals surface area (Å²) < 4.78 is 10.3. The lowest BCUT2D eigenvalue weighted by Gasteiger charge is -2.33. The molecule has 0 atom stereocenters. The maximum Gasteiger partial charge on any atom is 0.308 e. The number of ether oxygens (including phenoxy) is 1. The lowest BCUT2D eigenvalue weighted by atomic mass is 9.97. The van der Waals surface area contributed by atoms with E-state index in [1.807, 2.05) is 36.4 Å². The third kappa shape index (κ3) is 5.44. The molecule has 1 fully saturated rings. The minimum absolute atomic E-state index is 0. The SMILES string of the molecule is CN=C(NCc1cc(-c2ccccc2)no1)N1CCC(C(=O)OC)CC1.I. The molecule has 2 heterocycles. The topological polar surface area (TPSA) is 80.0 Å². The van der Waals surface area contributed by atoms with Crippen LogP contribution in [0.1, 0.15) is 18.6 Å². The zero-order valence-electron chi connectivity index (χ0n) is 15.6. The van der Waals surface area contributed by atoms with Crippen molar-refractivity contribution in [3.8, 4) is 11.3 Å². The van der Waals surface area contributed by atoms with Crippen molar-refractivity contribution in [1.82, 2.24) is 15.4 Å². The van der Waals surface area contributed by atoms with Crippen molar-refractivity contribution >= 4 is 35.9 Å². The van der Waals surface area contributed by atoms with Crippen molar-refractivity contribution in [3.63, 3.8) is 0 Å². The first-order valence-electron chi connectivity index (χ1n) is 8.75. The normalized spacial score (nSPS) is 15.2. The van der Waals surface area contributed by atoms with E-state index in [2.05, 4.69) is 20.4 Å². The Labute approximate surface area is 176 Å². The Morgan fingerprint density at radius 2 is 2.04 bits per heavy atom. The number of nitrogens with one attached hydrogen (secondary N) is 1. The Kier molecular flexibility index (Phi) is 8.08. The van der Waals surface area contributed by atoms with Gasteiger partial charge in [-0.3, -0.25) is 9.79 Å². The van der Waals surface area contributed by atoms with Crippen molar-refractivity contribution in [3.05, 3.63) is 42.2 Å². The van der Waals surface area contributed by atoms with Crippen molar-refractivity contribution < 1.29 is 14.1 Å². The summed E-state index contributed by atoms with van der Waals surface area (Å²) in [4.78, 5) is 18.1. The molecule has 1 aromatic heterocycles. The highest BCUT2D eigenvalue weighted by molar-refractivity contribution is 14.0. The Morgan fingerprint density at radius 1 is 1.33 bits per heavy atom. The number of esters is 1. The molecule has 1 aliphatic heterocycles. The molecule has 2 aromatic rings. The Bertz CT molecular complexity index is 755. The molecule has 0 bridgehead atoms. The molecule has 0 radical (unpaired) electrons. The number of carbonyl (C=O) groups is 1. The van der Waals surface area contributed by atoms with E-state index < -0.39 is 0 Å². The molecule has 1 aliphatic rings. The minimum atomic E-state index is -0.123. The van der Waals surface area contributed by atoms with Gasteiger partial charge in [0.25, 0.3) is 0 Å². The number of hydrogen-bond acceptors (Lipinski definition) is 5. The van der Waals surface area contributed by atoms with Crippen LogP contribution < -0.4 is 5.32 Å². The summed E-state index contributed by atoms with van der Waals surface area (Å²) in [7, 11) is 3.20. The molecular formula is C19H25IN4O3. The number of likely N-dealkylation sites (tertiary alicyclic amines) is 1. The predicted octanol–water partition coefficient (Wildman–Crippen LogP) is 2.92. The molecule has 0 spiro atoms. The van der Waals surface area contributed by atoms with E-state index in [4.69, 9.17) is 9.26 Å². The van der Waals surface area contributed by atoms with Crippen LogP contribution >= 0.6 is 24.0 Å². The fraction of sp³-hybridized carbons (Fsp3) is 0.421. The number of hydrogen-bond donors (Lipinski definition) is 1. The number of piperidine rings is 1. The number of carbonyl (C=O) groups excluding carboxylic acids is 1. The number of guanidine groups is 1. The Hall–Kier alpha value is -2.10. The third-order valence-electron chi connectivity index (χ3n) is 4.59. The lowest BCUT2D eigenvalue weighted by Crippen LogP contribution is -2.46. The van der Waals surface area contributed by atoms with Crippen LogP contribution in [0.5, 0.6) is 0 Å². The average molecular weight is 484 g/mol. The predicted molar refractivity (Wildman–Crippen MR) is 114 cm³/mol. The summed E-state index contributed by atoms with van der Waals surface area (Å²) in [6.07, 6.45) is 1.54. The summed E-state index contributed by atoms with van der Waals surface area (Å²) in [5, 5.41) is 7.43. The average Bonchev–Trinajstić information content (AvgIpc) is 3.18. The van der Waals surface area contributed by atoms with Gasteiger partial charge in [0, 0.05) is 31.8 Å². The quantitative estimate of drug-likeness (QED) is 0.311. The van der Waals surface area contributed by atoms with Crippen LogP contribution in [0.3, 0.4) is 0 Å². The van der Waals surface area contributed by atoms with Gasteiger partial charge >= 0.3 is 5.97 Å². The van der Waals surface area contributed by atoms with Crippen LogP contribution in [0.2, 0.25) is 0 Å². The molecule has 146 valence electrons. The Morgan fingerprint density at radius 3 is 2.67 bits per heavy atom. The molecule has 7 nitrogen and oxygen atoms in total. The van der Waals surface area contributed by atoms with Crippen LogP contribution in [0.4, 0.5) is 0 Å². The van der Waals surface area contributed by atoms with Crippen LogP contribution in [-0.2, 0) is 16.1 Å². The molecule has 0 saturated carbocycles. The van der Waals surface area contributed by atoms with Gasteiger partial charge in [0.2, 0.25) is 0 Å². The molecule has 3 rings (SSSR count). The number of aliphatic imine (C=N–C) groups is 1.